The van der Waals surface area contributed by atoms with Crippen LogP contribution in [0, 0.1) is 0 Å². The first-order valence-electron chi connectivity index (χ1n) is 9.10. The Bertz CT molecular complexity index is 274. The van der Waals surface area contributed by atoms with Crippen LogP contribution >= 0.6 is 0 Å². The minimum atomic E-state index is -0.157. The standard InChI is InChI=1S/C19H36O3/c1-3-4-5-6-7-9-12-15-18(20)16-13-10-8-11-14-17-19(21)22-2/h7,9,18,20H,3-6,8,10-17H2,1-2H3/b9-7-/t18-/m1/s1. The molecule has 1 atom stereocenters. The number of unbranched alkanes of at least 4 members (excludes halogenated alkanes) is 7. The summed E-state index contributed by atoms with van der Waals surface area (Å²) in [5, 5.41) is 9.90. The first-order valence-corrected chi connectivity index (χ1v) is 9.10. The molecule has 1 N–H and O–H groups in total. The normalized spacial score (nSPS) is 12.7. The van der Waals surface area contributed by atoms with E-state index in [0.717, 1.165) is 51.4 Å². The molecule has 0 aromatic rings. The van der Waals surface area contributed by atoms with Crippen LogP contribution in [0.25, 0.3) is 0 Å². The molecule has 22 heavy (non-hydrogen) atoms. The van der Waals surface area contributed by atoms with Crippen LogP contribution in [0.5, 0.6) is 0 Å². The molecule has 0 aliphatic heterocycles. The summed E-state index contributed by atoms with van der Waals surface area (Å²) in [6, 6.07) is 0. The number of hydrogen-bond donors (Lipinski definition) is 1. The van der Waals surface area contributed by atoms with E-state index in [1.165, 1.54) is 32.8 Å². The second-order valence-corrected chi connectivity index (χ2v) is 6.08. The molecule has 0 saturated heterocycles. The zero-order valence-corrected chi connectivity index (χ0v) is 14.7. The second-order valence-electron chi connectivity index (χ2n) is 6.08. The third-order valence-electron chi connectivity index (χ3n) is 3.95. The van der Waals surface area contributed by atoms with Gasteiger partial charge >= 0.3 is 5.97 Å². The van der Waals surface area contributed by atoms with Crippen molar-refractivity contribution in [1.29, 1.82) is 0 Å². The van der Waals surface area contributed by atoms with Crippen molar-refractivity contribution in [2.45, 2.75) is 96.5 Å². The Morgan fingerprint density at radius 2 is 1.64 bits per heavy atom. The maximum Gasteiger partial charge on any atom is 0.305 e. The monoisotopic (exact) mass is 312 g/mol. The Balaban J connectivity index is 3.28. The van der Waals surface area contributed by atoms with Gasteiger partial charge in [-0.2, -0.15) is 0 Å². The van der Waals surface area contributed by atoms with Crippen molar-refractivity contribution in [3.05, 3.63) is 12.2 Å². The zero-order valence-electron chi connectivity index (χ0n) is 14.7. The van der Waals surface area contributed by atoms with Gasteiger partial charge in [-0.05, 0) is 38.5 Å². The van der Waals surface area contributed by atoms with Gasteiger partial charge < -0.3 is 9.84 Å². The molecule has 0 aromatic carbocycles. The lowest BCUT2D eigenvalue weighted by atomic mass is 10.0. The number of allylic oxidation sites excluding steroid dienone is 2. The number of aliphatic hydroxyl groups is 1. The Kier molecular flexibility index (Phi) is 15.9. The maximum absolute atomic E-state index is 10.9. The molecule has 0 aliphatic carbocycles. The molecule has 0 saturated carbocycles. The summed E-state index contributed by atoms with van der Waals surface area (Å²) in [5.41, 5.74) is 0. The number of ether oxygens (including phenoxy) is 1. The van der Waals surface area contributed by atoms with Crippen LogP contribution in [0.1, 0.15) is 90.4 Å². The summed E-state index contributed by atoms with van der Waals surface area (Å²) in [6.07, 6.45) is 18.0. The van der Waals surface area contributed by atoms with Crippen molar-refractivity contribution in [2.75, 3.05) is 7.11 Å². The van der Waals surface area contributed by atoms with Gasteiger partial charge in [0.1, 0.15) is 0 Å². The molecule has 3 heteroatoms. The van der Waals surface area contributed by atoms with Gasteiger partial charge in [0.25, 0.3) is 0 Å². The number of aliphatic hydroxyl groups excluding tert-OH is 1. The van der Waals surface area contributed by atoms with Crippen molar-refractivity contribution in [3.63, 3.8) is 0 Å². The van der Waals surface area contributed by atoms with Crippen LogP contribution < -0.4 is 0 Å². The van der Waals surface area contributed by atoms with Crippen LogP contribution in [-0.2, 0) is 9.53 Å². The van der Waals surface area contributed by atoms with Crippen LogP contribution in [0.4, 0.5) is 0 Å². The predicted molar refractivity (Wildman–Crippen MR) is 92.9 cm³/mol. The molecule has 0 heterocycles. The van der Waals surface area contributed by atoms with Gasteiger partial charge in [-0.1, -0.05) is 57.6 Å². The summed E-state index contributed by atoms with van der Waals surface area (Å²) in [5.74, 6) is -0.113. The van der Waals surface area contributed by atoms with Gasteiger partial charge in [0, 0.05) is 6.42 Å². The lowest BCUT2D eigenvalue weighted by Gasteiger charge is -2.08. The number of hydrogen-bond acceptors (Lipinski definition) is 3. The van der Waals surface area contributed by atoms with E-state index >= 15 is 0 Å². The highest BCUT2D eigenvalue weighted by Crippen LogP contribution is 2.12. The van der Waals surface area contributed by atoms with Gasteiger partial charge in [-0.25, -0.2) is 0 Å². The molecular weight excluding hydrogens is 276 g/mol. The summed E-state index contributed by atoms with van der Waals surface area (Å²) in [6.45, 7) is 2.22. The fourth-order valence-corrected chi connectivity index (χ4v) is 2.46. The number of esters is 1. The number of carbonyl (C=O) groups is 1. The highest BCUT2D eigenvalue weighted by Gasteiger charge is 2.03. The third kappa shape index (κ3) is 15.6. The van der Waals surface area contributed by atoms with E-state index in [1.54, 1.807) is 0 Å². The van der Waals surface area contributed by atoms with Gasteiger partial charge in [0.05, 0.1) is 13.2 Å². The average Bonchev–Trinajstić information content (AvgIpc) is 2.52. The van der Waals surface area contributed by atoms with Crippen LogP contribution in [0.15, 0.2) is 12.2 Å². The molecule has 0 rings (SSSR count). The highest BCUT2D eigenvalue weighted by molar-refractivity contribution is 5.68. The fourth-order valence-electron chi connectivity index (χ4n) is 2.46. The van der Waals surface area contributed by atoms with Crippen molar-refractivity contribution in [2.24, 2.45) is 0 Å². The molecule has 0 amide bonds. The molecule has 0 spiro atoms. The van der Waals surface area contributed by atoms with Gasteiger partial charge in [0.2, 0.25) is 0 Å². The van der Waals surface area contributed by atoms with Crippen LogP contribution in [0.2, 0.25) is 0 Å². The maximum atomic E-state index is 10.9. The number of rotatable bonds is 15. The van der Waals surface area contributed by atoms with E-state index < -0.39 is 0 Å². The lowest BCUT2D eigenvalue weighted by Crippen LogP contribution is -2.05. The molecule has 0 unspecified atom stereocenters. The Morgan fingerprint density at radius 3 is 2.36 bits per heavy atom. The summed E-state index contributed by atoms with van der Waals surface area (Å²) >= 11 is 0. The Labute approximate surface area is 137 Å². The number of methoxy groups -OCH3 is 1. The molecule has 0 aromatic heterocycles. The quantitative estimate of drug-likeness (QED) is 0.258. The first-order chi connectivity index (χ1) is 10.7. The molecular formula is C19H36O3. The average molecular weight is 312 g/mol. The smallest absolute Gasteiger partial charge is 0.305 e. The van der Waals surface area contributed by atoms with E-state index in [-0.39, 0.29) is 12.1 Å². The second kappa shape index (κ2) is 16.5. The van der Waals surface area contributed by atoms with E-state index in [2.05, 4.69) is 23.8 Å². The van der Waals surface area contributed by atoms with E-state index in [0.29, 0.717) is 6.42 Å². The van der Waals surface area contributed by atoms with Crippen LogP contribution in [-0.4, -0.2) is 24.3 Å². The molecule has 0 radical (unpaired) electrons. The minimum Gasteiger partial charge on any atom is -0.469 e. The van der Waals surface area contributed by atoms with E-state index in [4.69, 9.17) is 0 Å². The van der Waals surface area contributed by atoms with Gasteiger partial charge in [-0.3, -0.25) is 4.79 Å². The number of carbonyl (C=O) groups excluding carboxylic acids is 1. The molecule has 0 fully saturated rings. The van der Waals surface area contributed by atoms with Crippen LogP contribution in [0.3, 0.4) is 0 Å². The topological polar surface area (TPSA) is 46.5 Å². The predicted octanol–water partition coefficient (Wildman–Crippen LogP) is 5.17. The first kappa shape index (κ1) is 21.2. The van der Waals surface area contributed by atoms with Crippen molar-refractivity contribution in [3.8, 4) is 0 Å². The molecule has 130 valence electrons. The van der Waals surface area contributed by atoms with Crippen molar-refractivity contribution < 1.29 is 14.6 Å². The summed E-state index contributed by atoms with van der Waals surface area (Å²) in [7, 11) is 1.43. The Hall–Kier alpha value is -0.830. The minimum absolute atomic E-state index is 0.113. The lowest BCUT2D eigenvalue weighted by molar-refractivity contribution is -0.140. The fraction of sp³-hybridized carbons (Fsp3) is 0.842. The molecule has 0 aliphatic rings. The van der Waals surface area contributed by atoms with Gasteiger partial charge in [0.15, 0.2) is 0 Å². The largest absolute Gasteiger partial charge is 0.469 e. The van der Waals surface area contributed by atoms with Gasteiger partial charge in [-0.15, -0.1) is 0 Å². The molecule has 3 nitrogen and oxygen atoms in total. The highest BCUT2D eigenvalue weighted by atomic mass is 16.5. The summed E-state index contributed by atoms with van der Waals surface area (Å²) < 4.78 is 4.61. The Morgan fingerprint density at radius 1 is 0.955 bits per heavy atom. The summed E-state index contributed by atoms with van der Waals surface area (Å²) in [4.78, 5) is 10.9. The molecule has 0 bridgehead atoms. The van der Waals surface area contributed by atoms with E-state index in [1.807, 2.05) is 0 Å². The van der Waals surface area contributed by atoms with Crippen molar-refractivity contribution >= 4 is 5.97 Å². The zero-order chi connectivity index (χ0) is 16.5. The SMILES string of the molecule is CCCCC/C=C\CC[C@@H](O)CCCCCCCC(=O)OC. The van der Waals surface area contributed by atoms with Crippen molar-refractivity contribution in [1.82, 2.24) is 0 Å². The third-order valence-corrected chi connectivity index (χ3v) is 3.95. The van der Waals surface area contributed by atoms with E-state index in [9.17, 15) is 9.90 Å².